The van der Waals surface area contributed by atoms with Gasteiger partial charge in [0.1, 0.15) is 0 Å². The molecule has 0 aromatic heterocycles. The molecule has 132 valence electrons. The Balaban J connectivity index is 1.82. The zero-order valence-corrected chi connectivity index (χ0v) is 16.4. The maximum atomic E-state index is 2.37. The minimum Gasteiger partial charge on any atom is -0.123 e. The van der Waals surface area contributed by atoms with E-state index in [0.29, 0.717) is 0 Å². The average Bonchev–Trinajstić information content (AvgIpc) is 2.57. The number of thioether (sulfide) groups is 1. The molecule has 0 N–H and O–H groups in total. The van der Waals surface area contributed by atoms with E-state index in [1.165, 1.54) is 88.4 Å². The van der Waals surface area contributed by atoms with Gasteiger partial charge in [-0.3, -0.25) is 0 Å². The van der Waals surface area contributed by atoms with Crippen LogP contribution in [0.4, 0.5) is 0 Å². The van der Waals surface area contributed by atoms with E-state index in [4.69, 9.17) is 0 Å². The van der Waals surface area contributed by atoms with E-state index >= 15 is 0 Å². The number of rotatable bonds is 15. The van der Waals surface area contributed by atoms with Crippen molar-refractivity contribution in [3.63, 3.8) is 0 Å². The highest BCUT2D eigenvalue weighted by Gasteiger charge is 2.03. The minimum absolute atomic E-state index is 0.750. The molecule has 0 saturated carbocycles. The molecular weight excluding hydrogens is 296 g/mol. The fourth-order valence-electron chi connectivity index (χ4n) is 3.06. The van der Waals surface area contributed by atoms with Crippen molar-refractivity contribution in [1.82, 2.24) is 0 Å². The molecule has 1 unspecified atom stereocenters. The van der Waals surface area contributed by atoms with Gasteiger partial charge in [0, 0.05) is 10.1 Å². The van der Waals surface area contributed by atoms with Gasteiger partial charge in [0.05, 0.1) is 0 Å². The van der Waals surface area contributed by atoms with Gasteiger partial charge >= 0.3 is 0 Å². The molecule has 0 aliphatic rings. The second-order valence-electron chi connectivity index (χ2n) is 6.92. The monoisotopic (exact) mass is 334 g/mol. The normalized spacial score (nSPS) is 12.4. The van der Waals surface area contributed by atoms with E-state index in [2.05, 4.69) is 44.2 Å². The highest BCUT2D eigenvalue weighted by Crippen LogP contribution is 2.26. The Morgan fingerprint density at radius 2 is 1.17 bits per heavy atom. The van der Waals surface area contributed by atoms with E-state index in [0.717, 1.165) is 5.25 Å². The molecule has 0 radical (unpaired) electrons. The fourth-order valence-corrected chi connectivity index (χ4v) is 4.13. The van der Waals surface area contributed by atoms with Crippen LogP contribution in [0, 0.1) is 0 Å². The Morgan fingerprint density at radius 1 is 0.696 bits per heavy atom. The summed E-state index contributed by atoms with van der Waals surface area (Å²) < 4.78 is 0. The maximum Gasteiger partial charge on any atom is 0.00746 e. The van der Waals surface area contributed by atoms with Crippen molar-refractivity contribution < 1.29 is 0 Å². The molecule has 0 spiro atoms. The van der Waals surface area contributed by atoms with Crippen molar-refractivity contribution in [1.29, 1.82) is 0 Å². The third-order valence-corrected chi connectivity index (χ3v) is 5.73. The molecule has 0 fully saturated rings. The van der Waals surface area contributed by atoms with E-state index in [1.807, 2.05) is 11.8 Å². The zero-order valence-electron chi connectivity index (χ0n) is 15.6. The maximum absolute atomic E-state index is 2.37. The average molecular weight is 335 g/mol. The van der Waals surface area contributed by atoms with Gasteiger partial charge in [-0.15, -0.1) is 11.8 Å². The number of benzene rings is 1. The van der Waals surface area contributed by atoms with Crippen LogP contribution < -0.4 is 0 Å². The summed E-state index contributed by atoms with van der Waals surface area (Å²) in [4.78, 5) is 1.42. The minimum atomic E-state index is 0.750. The lowest BCUT2D eigenvalue weighted by Crippen LogP contribution is -1.95. The summed E-state index contributed by atoms with van der Waals surface area (Å²) in [6.45, 7) is 4.66. The first-order valence-corrected chi connectivity index (χ1v) is 10.9. The highest BCUT2D eigenvalue weighted by molar-refractivity contribution is 7.99. The van der Waals surface area contributed by atoms with Crippen LogP contribution in [0.5, 0.6) is 0 Å². The van der Waals surface area contributed by atoms with E-state index in [9.17, 15) is 0 Å². The van der Waals surface area contributed by atoms with Crippen molar-refractivity contribution in [3.8, 4) is 0 Å². The Bertz CT molecular complexity index is 346. The molecule has 1 rings (SSSR count). The third-order valence-electron chi connectivity index (χ3n) is 4.54. The van der Waals surface area contributed by atoms with Gasteiger partial charge in [-0.05, 0) is 18.6 Å². The van der Waals surface area contributed by atoms with Crippen LogP contribution in [0.25, 0.3) is 0 Å². The topological polar surface area (TPSA) is 0 Å². The molecule has 1 aromatic carbocycles. The standard InChI is InChI=1S/C22H38S/c1-3-4-5-6-7-8-9-10-11-12-13-15-18-21(2)23-22-19-16-14-17-20-22/h14,16-17,19-21H,3-13,15,18H2,1-2H3. The van der Waals surface area contributed by atoms with Gasteiger partial charge < -0.3 is 0 Å². The van der Waals surface area contributed by atoms with Crippen LogP contribution in [0.2, 0.25) is 0 Å². The van der Waals surface area contributed by atoms with E-state index < -0.39 is 0 Å². The van der Waals surface area contributed by atoms with Gasteiger partial charge in [0.2, 0.25) is 0 Å². The van der Waals surface area contributed by atoms with Crippen LogP contribution in [0.1, 0.15) is 97.3 Å². The molecule has 0 aliphatic heterocycles. The molecule has 0 heterocycles. The number of hydrogen-bond donors (Lipinski definition) is 0. The quantitative estimate of drug-likeness (QED) is 0.230. The lowest BCUT2D eigenvalue weighted by molar-refractivity contribution is 0.539. The van der Waals surface area contributed by atoms with Crippen LogP contribution >= 0.6 is 11.8 Å². The van der Waals surface area contributed by atoms with E-state index in [1.54, 1.807) is 0 Å². The molecule has 1 atom stereocenters. The van der Waals surface area contributed by atoms with Crippen molar-refractivity contribution >= 4 is 11.8 Å². The molecule has 0 nitrogen and oxygen atoms in total. The van der Waals surface area contributed by atoms with Crippen LogP contribution in [-0.2, 0) is 0 Å². The first kappa shape index (κ1) is 20.6. The van der Waals surface area contributed by atoms with Gasteiger partial charge in [-0.25, -0.2) is 0 Å². The van der Waals surface area contributed by atoms with Crippen molar-refractivity contribution in [3.05, 3.63) is 30.3 Å². The lowest BCUT2D eigenvalue weighted by atomic mass is 10.0. The van der Waals surface area contributed by atoms with Crippen LogP contribution in [0.15, 0.2) is 35.2 Å². The summed E-state index contributed by atoms with van der Waals surface area (Å²) >= 11 is 2.03. The fraction of sp³-hybridized carbons (Fsp3) is 0.727. The summed E-state index contributed by atoms with van der Waals surface area (Å²) in [5.41, 5.74) is 0. The highest BCUT2D eigenvalue weighted by atomic mass is 32.2. The van der Waals surface area contributed by atoms with Gasteiger partial charge in [0.15, 0.2) is 0 Å². The van der Waals surface area contributed by atoms with Crippen LogP contribution in [0.3, 0.4) is 0 Å². The largest absolute Gasteiger partial charge is 0.123 e. The second-order valence-corrected chi connectivity index (χ2v) is 8.43. The smallest absolute Gasteiger partial charge is 0.00746 e. The molecule has 0 bridgehead atoms. The van der Waals surface area contributed by atoms with Crippen molar-refractivity contribution in [2.75, 3.05) is 0 Å². The molecule has 0 aliphatic carbocycles. The van der Waals surface area contributed by atoms with Gasteiger partial charge in [0.25, 0.3) is 0 Å². The second kappa shape index (κ2) is 15.1. The Labute approximate surface area is 149 Å². The van der Waals surface area contributed by atoms with Crippen LogP contribution in [-0.4, -0.2) is 5.25 Å². The Kier molecular flexibility index (Phi) is 13.6. The van der Waals surface area contributed by atoms with E-state index in [-0.39, 0.29) is 0 Å². The summed E-state index contributed by atoms with van der Waals surface area (Å²) in [5.74, 6) is 0. The first-order valence-electron chi connectivity index (χ1n) is 10.0. The molecule has 0 amide bonds. The molecule has 23 heavy (non-hydrogen) atoms. The van der Waals surface area contributed by atoms with Crippen molar-refractivity contribution in [2.24, 2.45) is 0 Å². The van der Waals surface area contributed by atoms with Gasteiger partial charge in [-0.2, -0.15) is 0 Å². The lowest BCUT2D eigenvalue weighted by Gasteiger charge is -2.10. The predicted molar refractivity (Wildman–Crippen MR) is 107 cm³/mol. The molecule has 0 saturated heterocycles. The summed E-state index contributed by atoms with van der Waals surface area (Å²) in [6.07, 6.45) is 18.7. The number of unbranched alkanes of at least 4 members (excludes halogenated alkanes) is 11. The number of hydrogen-bond acceptors (Lipinski definition) is 1. The zero-order chi connectivity index (χ0) is 16.6. The van der Waals surface area contributed by atoms with Gasteiger partial charge in [-0.1, -0.05) is 109 Å². The molecular formula is C22H38S. The predicted octanol–water partition coefficient (Wildman–Crippen LogP) is 8.26. The first-order chi connectivity index (χ1) is 11.3. The summed E-state index contributed by atoms with van der Waals surface area (Å²) in [6, 6.07) is 10.8. The SMILES string of the molecule is CCCCCCCCCCCCCCC(C)Sc1ccccc1. The Morgan fingerprint density at radius 3 is 1.70 bits per heavy atom. The third kappa shape index (κ3) is 12.6. The Hall–Kier alpha value is -0.430. The molecule has 1 aromatic rings. The van der Waals surface area contributed by atoms with Crippen molar-refractivity contribution in [2.45, 2.75) is 107 Å². The summed E-state index contributed by atoms with van der Waals surface area (Å²) in [5, 5.41) is 0.750. The summed E-state index contributed by atoms with van der Waals surface area (Å²) in [7, 11) is 0. The molecule has 1 heteroatoms.